The van der Waals surface area contributed by atoms with E-state index in [1.54, 1.807) is 5.43 Å². The molecule has 0 aromatic heterocycles. The Kier molecular flexibility index (Phi) is 9.21. The number of carbonyl (C=O) groups is 1. The quantitative estimate of drug-likeness (QED) is 0.309. The van der Waals surface area contributed by atoms with Crippen molar-refractivity contribution in [2.24, 2.45) is 5.84 Å². The minimum absolute atomic E-state index is 0.537. The number of hydrogen-bond donors (Lipinski definition) is 2. The van der Waals surface area contributed by atoms with Crippen LogP contribution in [0.15, 0.2) is 0 Å². The van der Waals surface area contributed by atoms with E-state index in [1.165, 1.54) is 0 Å². The Bertz CT molecular complexity index is 69.4. The molecule has 0 heterocycles. The molecule has 0 radical (unpaired) electrons. The fraction of sp³-hybridized carbons (Fsp3) is 0.800. The van der Waals surface area contributed by atoms with Gasteiger partial charge in [0.25, 0.3) is 0 Å². The van der Waals surface area contributed by atoms with Crippen LogP contribution in [-0.2, 0) is 4.79 Å². The van der Waals surface area contributed by atoms with E-state index in [0.29, 0.717) is 6.04 Å². The zero-order valence-corrected chi connectivity index (χ0v) is 6.05. The van der Waals surface area contributed by atoms with Gasteiger partial charge in [-0.2, -0.15) is 5.84 Å². The van der Waals surface area contributed by atoms with Crippen molar-refractivity contribution >= 4 is 5.97 Å². The fourth-order valence-corrected chi connectivity index (χ4v) is 0. The van der Waals surface area contributed by atoms with Crippen molar-refractivity contribution in [1.82, 2.24) is 0 Å². The number of rotatable bonds is 1. The number of aliphatic carboxylic acids is 1. The van der Waals surface area contributed by atoms with Crippen LogP contribution in [-0.4, -0.2) is 12.0 Å². The van der Waals surface area contributed by atoms with Gasteiger partial charge in [0, 0.05) is 5.97 Å². The van der Waals surface area contributed by atoms with Crippen LogP contribution in [0, 0.1) is 0 Å². The van der Waals surface area contributed by atoms with Gasteiger partial charge in [0.2, 0.25) is 0 Å². The summed E-state index contributed by atoms with van der Waals surface area (Å²) in [6, 6.07) is 0.537. The second kappa shape index (κ2) is 7.39. The topological polar surface area (TPSA) is 82.8 Å². The van der Waals surface area contributed by atoms with E-state index in [-0.39, 0.29) is 0 Å². The molecule has 0 aromatic carbocycles. The summed E-state index contributed by atoms with van der Waals surface area (Å²) in [6.45, 7) is 5.06. The van der Waals surface area contributed by atoms with Gasteiger partial charge in [0.05, 0.1) is 6.04 Å². The first-order chi connectivity index (χ1) is 4.00. The first kappa shape index (κ1) is 11.2. The van der Waals surface area contributed by atoms with Gasteiger partial charge in [-0.1, -0.05) is 0 Å². The molecule has 0 saturated carbocycles. The minimum atomic E-state index is -1.08. The number of carbonyl (C=O) groups excluding carboxylic acids is 1. The summed E-state index contributed by atoms with van der Waals surface area (Å²) >= 11 is 0. The van der Waals surface area contributed by atoms with E-state index in [9.17, 15) is 0 Å². The summed E-state index contributed by atoms with van der Waals surface area (Å²) in [6.07, 6.45) is 0. The smallest absolute Gasteiger partial charge is 0.0973 e. The molecule has 0 saturated heterocycles. The van der Waals surface area contributed by atoms with E-state index in [4.69, 9.17) is 15.7 Å². The zero-order valence-electron chi connectivity index (χ0n) is 6.05. The number of nitrogens with two attached hydrogens (primary N) is 2. The number of carboxylic acids is 1. The molecule has 0 atom stereocenters. The van der Waals surface area contributed by atoms with E-state index in [0.717, 1.165) is 6.92 Å². The maximum atomic E-state index is 8.89. The molecule has 0 aromatic rings. The molecular weight excluding hydrogens is 120 g/mol. The van der Waals surface area contributed by atoms with Gasteiger partial charge >= 0.3 is 0 Å². The minimum Gasteiger partial charge on any atom is -0.550 e. The van der Waals surface area contributed by atoms with E-state index >= 15 is 0 Å². The van der Waals surface area contributed by atoms with Crippen LogP contribution >= 0.6 is 0 Å². The molecule has 9 heavy (non-hydrogen) atoms. The maximum Gasteiger partial charge on any atom is 0.0973 e. The van der Waals surface area contributed by atoms with Crippen LogP contribution < -0.4 is 16.4 Å². The third-order valence-electron chi connectivity index (χ3n) is 0.385. The van der Waals surface area contributed by atoms with Gasteiger partial charge in [-0.15, -0.1) is 0 Å². The molecule has 0 spiro atoms. The van der Waals surface area contributed by atoms with Crippen LogP contribution in [0.25, 0.3) is 0 Å². The highest BCUT2D eigenvalue weighted by molar-refractivity contribution is 5.60. The highest BCUT2D eigenvalue weighted by Crippen LogP contribution is 1.55. The molecule has 0 unspecified atom stereocenters. The Hall–Kier alpha value is -0.610. The third-order valence-corrected chi connectivity index (χ3v) is 0.385. The SMILES string of the molecule is CC(=O)[O-].CC(C)[NH2+]N. The first-order valence-electron chi connectivity index (χ1n) is 2.73. The summed E-state index contributed by atoms with van der Waals surface area (Å²) in [5.74, 6) is 3.96. The van der Waals surface area contributed by atoms with Crippen LogP contribution in [0.3, 0.4) is 0 Å². The lowest BCUT2D eigenvalue weighted by Crippen LogP contribution is -2.95. The molecule has 0 aliphatic heterocycles. The number of carboxylic acid groups (broad SMARTS) is 1. The molecule has 0 bridgehead atoms. The van der Waals surface area contributed by atoms with Crippen molar-refractivity contribution in [3.8, 4) is 0 Å². The summed E-state index contributed by atoms with van der Waals surface area (Å²) in [5.41, 5.74) is 1.67. The molecule has 0 amide bonds. The molecule has 0 rings (SSSR count). The average molecular weight is 134 g/mol. The summed E-state index contributed by atoms with van der Waals surface area (Å²) in [5, 5.41) is 8.89. The van der Waals surface area contributed by atoms with Gasteiger partial charge in [-0.3, -0.25) is 5.43 Å². The average Bonchev–Trinajstić information content (AvgIpc) is 1.65. The first-order valence-corrected chi connectivity index (χ1v) is 2.73. The van der Waals surface area contributed by atoms with Crippen LogP contribution in [0.5, 0.6) is 0 Å². The Balaban J connectivity index is 0. The molecule has 0 aliphatic carbocycles. The monoisotopic (exact) mass is 134 g/mol. The molecule has 0 aliphatic rings. The van der Waals surface area contributed by atoms with Crippen molar-refractivity contribution in [3.63, 3.8) is 0 Å². The van der Waals surface area contributed by atoms with Crippen molar-refractivity contribution in [2.45, 2.75) is 26.8 Å². The van der Waals surface area contributed by atoms with Gasteiger partial charge in [-0.05, 0) is 20.8 Å². The van der Waals surface area contributed by atoms with Crippen molar-refractivity contribution < 1.29 is 15.3 Å². The van der Waals surface area contributed by atoms with Crippen LogP contribution in [0.2, 0.25) is 0 Å². The lowest BCUT2D eigenvalue weighted by Gasteiger charge is -1.90. The third kappa shape index (κ3) is 111. The Morgan fingerprint density at radius 1 is 1.67 bits per heavy atom. The fourth-order valence-electron chi connectivity index (χ4n) is 0. The second-order valence-electron chi connectivity index (χ2n) is 1.93. The molecule has 4 N–H and O–H groups in total. The lowest BCUT2D eigenvalue weighted by molar-refractivity contribution is -0.695. The molecule has 4 nitrogen and oxygen atoms in total. The van der Waals surface area contributed by atoms with E-state index in [1.807, 2.05) is 13.8 Å². The van der Waals surface area contributed by atoms with Crippen LogP contribution in [0.4, 0.5) is 0 Å². The predicted octanol–water partition coefficient (Wildman–Crippen LogP) is -2.41. The van der Waals surface area contributed by atoms with Crippen molar-refractivity contribution in [3.05, 3.63) is 0 Å². The van der Waals surface area contributed by atoms with Gasteiger partial charge in [-0.25, -0.2) is 0 Å². The lowest BCUT2D eigenvalue weighted by atomic mass is 10.4. The Morgan fingerprint density at radius 2 is 1.78 bits per heavy atom. The Labute approximate surface area is 55.0 Å². The summed E-state index contributed by atoms with van der Waals surface area (Å²) in [4.78, 5) is 8.89. The normalized spacial score (nSPS) is 8.11. The number of hydrogen-bond acceptors (Lipinski definition) is 3. The maximum absolute atomic E-state index is 8.89. The van der Waals surface area contributed by atoms with Crippen molar-refractivity contribution in [2.75, 3.05) is 0 Å². The predicted molar refractivity (Wildman–Crippen MR) is 31.9 cm³/mol. The van der Waals surface area contributed by atoms with Crippen LogP contribution in [0.1, 0.15) is 20.8 Å². The second-order valence-corrected chi connectivity index (χ2v) is 1.93. The molecule has 4 heteroatoms. The highest BCUT2D eigenvalue weighted by Gasteiger charge is 1.82. The summed E-state index contributed by atoms with van der Waals surface area (Å²) < 4.78 is 0. The standard InChI is InChI=1S/C3H10N2.C2H4O2/c1-3(2)5-4;1-2(3)4/h3,5H,4H2,1-2H3;1H3,(H,3,4). The molecular formula is C5H14N2O2. The zero-order chi connectivity index (χ0) is 7.86. The Morgan fingerprint density at radius 3 is 1.78 bits per heavy atom. The van der Waals surface area contributed by atoms with Crippen molar-refractivity contribution in [1.29, 1.82) is 0 Å². The number of quaternary nitrogens is 1. The summed E-state index contributed by atoms with van der Waals surface area (Å²) in [7, 11) is 0. The molecule has 56 valence electrons. The molecule has 0 fully saturated rings. The van der Waals surface area contributed by atoms with Gasteiger partial charge in [0.15, 0.2) is 0 Å². The van der Waals surface area contributed by atoms with E-state index < -0.39 is 5.97 Å². The van der Waals surface area contributed by atoms with Gasteiger partial charge in [0.1, 0.15) is 0 Å². The van der Waals surface area contributed by atoms with Gasteiger partial charge < -0.3 is 9.90 Å². The largest absolute Gasteiger partial charge is 0.550 e. The van der Waals surface area contributed by atoms with E-state index in [2.05, 4.69) is 0 Å². The highest BCUT2D eigenvalue weighted by atomic mass is 16.4.